The van der Waals surface area contributed by atoms with Crippen molar-refractivity contribution in [2.45, 2.75) is 32.7 Å². The van der Waals surface area contributed by atoms with Crippen molar-refractivity contribution >= 4 is 17.2 Å². The molecule has 1 N–H and O–H groups in total. The molecule has 3 aromatic rings. The van der Waals surface area contributed by atoms with E-state index in [0.29, 0.717) is 11.5 Å². The fraction of sp³-hybridized carbons (Fsp3) is 0.294. The van der Waals surface area contributed by atoms with Gasteiger partial charge in [-0.05, 0) is 19.1 Å². The predicted octanol–water partition coefficient (Wildman–Crippen LogP) is 3.81. The summed E-state index contributed by atoms with van der Waals surface area (Å²) in [5.41, 5.74) is 2.22. The number of nitrogens with one attached hydrogen (secondary N) is 1. The lowest BCUT2D eigenvalue weighted by atomic mass is 10.1. The molecular weight excluding hydrogens is 324 g/mol. The van der Waals surface area contributed by atoms with Crippen molar-refractivity contribution in [1.29, 1.82) is 0 Å². The minimum atomic E-state index is -0.249. The first kappa shape index (κ1) is 16.3. The molecule has 0 aliphatic carbocycles. The second kappa shape index (κ2) is 6.92. The maximum absolute atomic E-state index is 12.4. The van der Waals surface area contributed by atoms with Gasteiger partial charge in [0.05, 0.1) is 11.7 Å². The molecule has 3 heterocycles. The van der Waals surface area contributed by atoms with Gasteiger partial charge in [-0.15, -0.1) is 11.3 Å². The van der Waals surface area contributed by atoms with Crippen LogP contribution in [-0.2, 0) is 0 Å². The minimum Gasteiger partial charge on any atom is -0.447 e. The molecular formula is C17H18N4O2S. The number of amides is 1. The van der Waals surface area contributed by atoms with Crippen LogP contribution in [0.1, 0.15) is 54.0 Å². The van der Waals surface area contributed by atoms with Gasteiger partial charge in [0.15, 0.2) is 12.1 Å². The molecule has 3 rings (SSSR count). The maximum Gasteiger partial charge on any atom is 0.274 e. The van der Waals surface area contributed by atoms with Crippen molar-refractivity contribution < 1.29 is 9.21 Å². The first-order chi connectivity index (χ1) is 11.6. The molecule has 3 aromatic heterocycles. The lowest BCUT2D eigenvalue weighted by molar-refractivity contribution is 0.0933. The fourth-order valence-corrected chi connectivity index (χ4v) is 3.14. The van der Waals surface area contributed by atoms with Crippen LogP contribution in [0.4, 0.5) is 0 Å². The summed E-state index contributed by atoms with van der Waals surface area (Å²) in [6.45, 7) is 5.83. The van der Waals surface area contributed by atoms with Crippen molar-refractivity contribution in [3.63, 3.8) is 0 Å². The van der Waals surface area contributed by atoms with Crippen LogP contribution >= 0.6 is 11.3 Å². The van der Waals surface area contributed by atoms with Gasteiger partial charge in [0.25, 0.3) is 5.91 Å². The predicted molar refractivity (Wildman–Crippen MR) is 91.8 cm³/mol. The highest BCUT2D eigenvalue weighted by Gasteiger charge is 2.22. The molecule has 0 aromatic carbocycles. The fourth-order valence-electron chi connectivity index (χ4n) is 2.30. The normalized spacial score (nSPS) is 12.3. The van der Waals surface area contributed by atoms with Crippen molar-refractivity contribution in [3.05, 3.63) is 52.8 Å². The molecule has 7 heteroatoms. The van der Waals surface area contributed by atoms with E-state index in [4.69, 9.17) is 4.42 Å². The summed E-state index contributed by atoms with van der Waals surface area (Å²) in [6, 6.07) is 3.61. The van der Waals surface area contributed by atoms with Gasteiger partial charge in [0.2, 0.25) is 0 Å². The molecule has 0 bridgehead atoms. The Morgan fingerprint density at radius 3 is 2.71 bits per heavy atom. The highest BCUT2D eigenvalue weighted by Crippen LogP contribution is 2.25. The molecule has 0 saturated heterocycles. The molecule has 6 nitrogen and oxygen atoms in total. The van der Waals surface area contributed by atoms with Gasteiger partial charge < -0.3 is 9.73 Å². The van der Waals surface area contributed by atoms with Crippen LogP contribution in [0.3, 0.4) is 0 Å². The molecule has 1 amide bonds. The van der Waals surface area contributed by atoms with Gasteiger partial charge in [-0.1, -0.05) is 13.8 Å². The van der Waals surface area contributed by atoms with E-state index in [1.54, 1.807) is 12.4 Å². The average molecular weight is 342 g/mol. The molecule has 124 valence electrons. The molecule has 1 atom stereocenters. The molecule has 24 heavy (non-hydrogen) atoms. The number of hydrogen-bond acceptors (Lipinski definition) is 6. The number of hydrogen-bond donors (Lipinski definition) is 1. The van der Waals surface area contributed by atoms with E-state index in [2.05, 4.69) is 20.3 Å². The van der Waals surface area contributed by atoms with Crippen molar-refractivity contribution in [2.24, 2.45) is 0 Å². The van der Waals surface area contributed by atoms with E-state index in [9.17, 15) is 4.79 Å². The minimum absolute atomic E-state index is 0.0988. The molecule has 0 unspecified atom stereocenters. The average Bonchev–Trinajstić information content (AvgIpc) is 3.25. The van der Waals surface area contributed by atoms with Crippen molar-refractivity contribution in [3.8, 4) is 11.3 Å². The van der Waals surface area contributed by atoms with Gasteiger partial charge in [-0.3, -0.25) is 9.78 Å². The van der Waals surface area contributed by atoms with Gasteiger partial charge in [0, 0.05) is 29.3 Å². The lowest BCUT2D eigenvalue weighted by Crippen LogP contribution is -2.27. The largest absolute Gasteiger partial charge is 0.447 e. The standard InChI is InChI=1S/C17H18N4O2S/c1-10(2)15-14(19-9-23-15)16(22)20-11(3)17-21-13(8-24-17)12-4-6-18-7-5-12/h4-11H,1-3H3,(H,20,22)/t11-/m0/s1. The monoisotopic (exact) mass is 342 g/mol. The Morgan fingerprint density at radius 1 is 1.25 bits per heavy atom. The van der Waals surface area contributed by atoms with E-state index in [1.807, 2.05) is 38.3 Å². The Kier molecular flexibility index (Phi) is 4.71. The first-order valence-corrected chi connectivity index (χ1v) is 8.54. The van der Waals surface area contributed by atoms with Gasteiger partial charge in [-0.25, -0.2) is 9.97 Å². The molecule has 0 aliphatic heterocycles. The zero-order valence-electron chi connectivity index (χ0n) is 13.7. The Balaban J connectivity index is 1.73. The van der Waals surface area contributed by atoms with Gasteiger partial charge in [0.1, 0.15) is 10.8 Å². The number of rotatable bonds is 5. The second-order valence-corrected chi connectivity index (χ2v) is 6.61. The molecule has 0 aliphatic rings. The van der Waals surface area contributed by atoms with Crippen LogP contribution in [0.25, 0.3) is 11.3 Å². The highest BCUT2D eigenvalue weighted by atomic mass is 32.1. The van der Waals surface area contributed by atoms with Gasteiger partial charge >= 0.3 is 0 Å². The van der Waals surface area contributed by atoms with E-state index in [1.165, 1.54) is 17.7 Å². The van der Waals surface area contributed by atoms with Crippen molar-refractivity contribution in [1.82, 2.24) is 20.3 Å². The number of oxazole rings is 1. The SMILES string of the molecule is CC(C)c1ocnc1C(=O)N[C@@H](C)c1nc(-c2ccncc2)cs1. The number of carbonyl (C=O) groups is 1. The van der Waals surface area contributed by atoms with Crippen molar-refractivity contribution in [2.75, 3.05) is 0 Å². The third-order valence-corrected chi connectivity index (χ3v) is 4.58. The first-order valence-electron chi connectivity index (χ1n) is 7.66. The van der Waals surface area contributed by atoms with Crippen LogP contribution in [0.2, 0.25) is 0 Å². The second-order valence-electron chi connectivity index (χ2n) is 5.72. The summed E-state index contributed by atoms with van der Waals surface area (Å²) in [7, 11) is 0. The van der Waals surface area contributed by atoms with E-state index in [-0.39, 0.29) is 17.9 Å². The number of aromatic nitrogens is 3. The Labute approximate surface area is 144 Å². The lowest BCUT2D eigenvalue weighted by Gasteiger charge is -2.11. The quantitative estimate of drug-likeness (QED) is 0.762. The molecule has 0 fully saturated rings. The van der Waals surface area contributed by atoms with Crippen LogP contribution in [-0.4, -0.2) is 20.9 Å². The summed E-state index contributed by atoms with van der Waals surface area (Å²) in [4.78, 5) is 25.1. The third-order valence-electron chi connectivity index (χ3n) is 3.55. The smallest absolute Gasteiger partial charge is 0.274 e. The zero-order valence-corrected chi connectivity index (χ0v) is 14.5. The van der Waals surface area contributed by atoms with E-state index < -0.39 is 0 Å². The number of thiazole rings is 1. The highest BCUT2D eigenvalue weighted by molar-refractivity contribution is 7.10. The summed E-state index contributed by atoms with van der Waals surface area (Å²) in [6.07, 6.45) is 4.77. The maximum atomic E-state index is 12.4. The zero-order chi connectivity index (χ0) is 17.1. The Morgan fingerprint density at radius 2 is 2.00 bits per heavy atom. The molecule has 0 radical (unpaired) electrons. The Hall–Kier alpha value is -2.54. The summed E-state index contributed by atoms with van der Waals surface area (Å²) < 4.78 is 5.31. The summed E-state index contributed by atoms with van der Waals surface area (Å²) in [5, 5.41) is 5.75. The Bertz CT molecular complexity index is 826. The summed E-state index contributed by atoms with van der Waals surface area (Å²) in [5.74, 6) is 0.443. The van der Waals surface area contributed by atoms with E-state index in [0.717, 1.165) is 16.3 Å². The van der Waals surface area contributed by atoms with Crippen LogP contribution in [0.15, 0.2) is 40.7 Å². The number of pyridine rings is 1. The van der Waals surface area contributed by atoms with Crippen LogP contribution in [0.5, 0.6) is 0 Å². The van der Waals surface area contributed by atoms with Crippen LogP contribution in [0, 0.1) is 0 Å². The summed E-state index contributed by atoms with van der Waals surface area (Å²) >= 11 is 1.51. The topological polar surface area (TPSA) is 80.9 Å². The van der Waals surface area contributed by atoms with E-state index >= 15 is 0 Å². The number of nitrogens with zero attached hydrogens (tertiary/aromatic N) is 3. The number of carbonyl (C=O) groups excluding carboxylic acids is 1. The van der Waals surface area contributed by atoms with Gasteiger partial charge in [-0.2, -0.15) is 0 Å². The molecule has 0 saturated carbocycles. The third kappa shape index (κ3) is 3.35. The molecule has 0 spiro atoms. The van der Waals surface area contributed by atoms with Crippen LogP contribution < -0.4 is 5.32 Å².